The first-order chi connectivity index (χ1) is 10.6. The van der Waals surface area contributed by atoms with Gasteiger partial charge in [-0.15, -0.1) is 0 Å². The van der Waals surface area contributed by atoms with Crippen molar-refractivity contribution in [3.63, 3.8) is 0 Å². The van der Waals surface area contributed by atoms with Crippen molar-refractivity contribution in [3.05, 3.63) is 0 Å². The number of rotatable bonds is 5. The van der Waals surface area contributed by atoms with Gasteiger partial charge in [0.1, 0.15) is 0 Å². The average molecular weight is 310 g/mol. The highest BCUT2D eigenvalue weighted by Crippen LogP contribution is 2.23. The van der Waals surface area contributed by atoms with Gasteiger partial charge in [-0.2, -0.15) is 0 Å². The quantitative estimate of drug-likeness (QED) is 0.759. The molecule has 2 aliphatic rings. The van der Waals surface area contributed by atoms with E-state index in [1.165, 1.54) is 12.8 Å². The SMILES string of the molecule is CC1CCC(NC(=O)CN2CCN(C(=O)CCN)CC2)CC1. The molecular formula is C16H30N4O2. The van der Waals surface area contributed by atoms with E-state index in [0.29, 0.717) is 38.6 Å². The molecule has 0 aromatic heterocycles. The smallest absolute Gasteiger partial charge is 0.234 e. The maximum absolute atomic E-state index is 12.1. The van der Waals surface area contributed by atoms with Crippen LogP contribution in [0.5, 0.6) is 0 Å². The van der Waals surface area contributed by atoms with Crippen LogP contribution in [0.25, 0.3) is 0 Å². The molecule has 1 aliphatic heterocycles. The van der Waals surface area contributed by atoms with Crippen molar-refractivity contribution in [3.8, 4) is 0 Å². The molecule has 1 aliphatic carbocycles. The van der Waals surface area contributed by atoms with Crippen molar-refractivity contribution in [2.24, 2.45) is 11.7 Å². The molecule has 2 fully saturated rings. The molecule has 1 heterocycles. The monoisotopic (exact) mass is 310 g/mol. The van der Waals surface area contributed by atoms with Crippen molar-refractivity contribution in [2.75, 3.05) is 39.3 Å². The Hall–Kier alpha value is -1.14. The summed E-state index contributed by atoms with van der Waals surface area (Å²) in [5.41, 5.74) is 5.42. The van der Waals surface area contributed by atoms with Crippen LogP contribution >= 0.6 is 0 Å². The lowest BCUT2D eigenvalue weighted by Gasteiger charge is -2.35. The van der Waals surface area contributed by atoms with Crippen LogP contribution in [-0.2, 0) is 9.59 Å². The van der Waals surface area contributed by atoms with Crippen LogP contribution in [0.2, 0.25) is 0 Å². The first-order valence-corrected chi connectivity index (χ1v) is 8.58. The third-order valence-electron chi connectivity index (χ3n) is 4.83. The third-order valence-corrected chi connectivity index (χ3v) is 4.83. The van der Waals surface area contributed by atoms with Gasteiger partial charge in [-0.05, 0) is 31.6 Å². The molecule has 0 unspecified atom stereocenters. The summed E-state index contributed by atoms with van der Waals surface area (Å²) < 4.78 is 0. The third kappa shape index (κ3) is 5.25. The lowest BCUT2D eigenvalue weighted by Crippen LogP contribution is -2.52. The van der Waals surface area contributed by atoms with E-state index in [2.05, 4.69) is 17.1 Å². The zero-order chi connectivity index (χ0) is 15.9. The molecule has 1 saturated heterocycles. The van der Waals surface area contributed by atoms with E-state index >= 15 is 0 Å². The molecule has 0 atom stereocenters. The number of piperazine rings is 1. The topological polar surface area (TPSA) is 78.7 Å². The Kier molecular flexibility index (Phi) is 6.64. The van der Waals surface area contributed by atoms with E-state index < -0.39 is 0 Å². The Morgan fingerprint density at radius 3 is 2.32 bits per heavy atom. The van der Waals surface area contributed by atoms with Gasteiger partial charge in [0.25, 0.3) is 0 Å². The van der Waals surface area contributed by atoms with Crippen LogP contribution in [0.4, 0.5) is 0 Å². The Morgan fingerprint density at radius 2 is 1.73 bits per heavy atom. The number of carbonyl (C=O) groups excluding carboxylic acids is 2. The van der Waals surface area contributed by atoms with E-state index in [1.54, 1.807) is 0 Å². The number of nitrogens with two attached hydrogens (primary N) is 1. The Bertz CT molecular complexity index is 372. The standard InChI is InChI=1S/C16H30N4O2/c1-13-2-4-14(5-3-13)18-15(21)12-19-8-10-20(11-9-19)16(22)6-7-17/h13-14H,2-12,17H2,1H3,(H,18,21). The molecule has 2 rings (SSSR count). The van der Waals surface area contributed by atoms with Crippen LogP contribution in [0.15, 0.2) is 0 Å². The lowest BCUT2D eigenvalue weighted by atomic mass is 9.87. The average Bonchev–Trinajstić information content (AvgIpc) is 2.50. The lowest BCUT2D eigenvalue weighted by molar-refractivity contribution is -0.133. The fraction of sp³-hybridized carbons (Fsp3) is 0.875. The normalized spacial score (nSPS) is 26.7. The zero-order valence-corrected chi connectivity index (χ0v) is 13.7. The number of amides is 2. The molecule has 126 valence electrons. The summed E-state index contributed by atoms with van der Waals surface area (Å²) in [5.74, 6) is 1.05. The fourth-order valence-corrected chi connectivity index (χ4v) is 3.32. The number of nitrogens with one attached hydrogen (secondary N) is 1. The summed E-state index contributed by atoms with van der Waals surface area (Å²) in [7, 11) is 0. The zero-order valence-electron chi connectivity index (χ0n) is 13.7. The minimum Gasteiger partial charge on any atom is -0.352 e. The highest BCUT2D eigenvalue weighted by molar-refractivity contribution is 5.78. The van der Waals surface area contributed by atoms with Gasteiger partial charge in [0.05, 0.1) is 6.54 Å². The predicted octanol–water partition coefficient (Wildman–Crippen LogP) is 0.174. The highest BCUT2D eigenvalue weighted by Gasteiger charge is 2.24. The summed E-state index contributed by atoms with van der Waals surface area (Å²) in [6.45, 7) is 6.08. The first-order valence-electron chi connectivity index (χ1n) is 8.58. The molecule has 22 heavy (non-hydrogen) atoms. The van der Waals surface area contributed by atoms with Gasteiger partial charge in [-0.25, -0.2) is 0 Å². The molecular weight excluding hydrogens is 280 g/mol. The van der Waals surface area contributed by atoms with E-state index in [9.17, 15) is 9.59 Å². The highest BCUT2D eigenvalue weighted by atomic mass is 16.2. The van der Waals surface area contributed by atoms with Crippen molar-refractivity contribution in [1.82, 2.24) is 15.1 Å². The van der Waals surface area contributed by atoms with E-state index in [0.717, 1.165) is 31.8 Å². The van der Waals surface area contributed by atoms with E-state index in [1.807, 2.05) is 4.90 Å². The Morgan fingerprint density at radius 1 is 1.09 bits per heavy atom. The summed E-state index contributed by atoms with van der Waals surface area (Å²) in [4.78, 5) is 27.9. The molecule has 0 bridgehead atoms. The second-order valence-electron chi connectivity index (χ2n) is 6.72. The Labute approximate surface area is 133 Å². The second kappa shape index (κ2) is 8.48. The number of carbonyl (C=O) groups is 2. The van der Waals surface area contributed by atoms with Crippen LogP contribution in [0.3, 0.4) is 0 Å². The van der Waals surface area contributed by atoms with Crippen molar-refractivity contribution >= 4 is 11.8 Å². The van der Waals surface area contributed by atoms with Gasteiger partial charge < -0.3 is 16.0 Å². The summed E-state index contributed by atoms with van der Waals surface area (Å²) in [5, 5.41) is 3.16. The van der Waals surface area contributed by atoms with E-state index in [-0.39, 0.29) is 11.8 Å². The van der Waals surface area contributed by atoms with Gasteiger partial charge in [-0.1, -0.05) is 6.92 Å². The van der Waals surface area contributed by atoms with Crippen LogP contribution in [0.1, 0.15) is 39.0 Å². The number of nitrogens with zero attached hydrogens (tertiary/aromatic N) is 2. The molecule has 6 heteroatoms. The molecule has 2 amide bonds. The van der Waals surface area contributed by atoms with Gasteiger partial charge in [0, 0.05) is 45.2 Å². The molecule has 0 radical (unpaired) electrons. The van der Waals surface area contributed by atoms with Crippen molar-refractivity contribution < 1.29 is 9.59 Å². The van der Waals surface area contributed by atoms with Gasteiger partial charge in [0.2, 0.25) is 11.8 Å². The first kappa shape index (κ1) is 17.2. The maximum Gasteiger partial charge on any atom is 0.234 e. The van der Waals surface area contributed by atoms with Crippen LogP contribution in [0, 0.1) is 5.92 Å². The van der Waals surface area contributed by atoms with Crippen LogP contribution in [-0.4, -0.2) is 66.9 Å². The van der Waals surface area contributed by atoms with Crippen molar-refractivity contribution in [2.45, 2.75) is 45.1 Å². The van der Waals surface area contributed by atoms with Gasteiger partial charge >= 0.3 is 0 Å². The predicted molar refractivity (Wildman–Crippen MR) is 86.3 cm³/mol. The van der Waals surface area contributed by atoms with Crippen molar-refractivity contribution in [1.29, 1.82) is 0 Å². The fourth-order valence-electron chi connectivity index (χ4n) is 3.32. The minimum absolute atomic E-state index is 0.126. The molecule has 0 aromatic rings. The van der Waals surface area contributed by atoms with Gasteiger partial charge in [0.15, 0.2) is 0 Å². The molecule has 0 spiro atoms. The summed E-state index contributed by atoms with van der Waals surface area (Å²) in [6, 6.07) is 0.358. The maximum atomic E-state index is 12.1. The largest absolute Gasteiger partial charge is 0.352 e. The summed E-state index contributed by atoms with van der Waals surface area (Å²) in [6.07, 6.45) is 5.06. The van der Waals surface area contributed by atoms with Gasteiger partial charge in [-0.3, -0.25) is 14.5 Å². The van der Waals surface area contributed by atoms with Crippen LogP contribution < -0.4 is 11.1 Å². The molecule has 3 N–H and O–H groups in total. The summed E-state index contributed by atoms with van der Waals surface area (Å²) >= 11 is 0. The minimum atomic E-state index is 0.126. The molecule has 1 saturated carbocycles. The Balaban J connectivity index is 1.65. The number of hydrogen-bond acceptors (Lipinski definition) is 4. The molecule has 0 aromatic carbocycles. The van der Waals surface area contributed by atoms with E-state index in [4.69, 9.17) is 5.73 Å². The number of hydrogen-bond donors (Lipinski definition) is 2. The second-order valence-corrected chi connectivity index (χ2v) is 6.72. The molecule has 6 nitrogen and oxygen atoms in total.